The summed E-state index contributed by atoms with van der Waals surface area (Å²) < 4.78 is 0. The van der Waals surface area contributed by atoms with E-state index < -0.39 is 0 Å². The fourth-order valence-electron chi connectivity index (χ4n) is 1.56. The maximum absolute atomic E-state index is 5.96. The molecular weight excluding hydrogens is 291 g/mol. The lowest BCUT2D eigenvalue weighted by Gasteiger charge is -2.09. The molecule has 5 heteroatoms. The van der Waals surface area contributed by atoms with E-state index >= 15 is 0 Å². The van der Waals surface area contributed by atoms with Gasteiger partial charge in [-0.1, -0.05) is 40.9 Å². The summed E-state index contributed by atoms with van der Waals surface area (Å²) in [7, 11) is 0. The lowest BCUT2D eigenvalue weighted by atomic mass is 10.2. The maximum Gasteiger partial charge on any atom is 0.129 e. The molecule has 0 fully saturated rings. The fraction of sp³-hybridized carbons (Fsp3) is 0.154. The highest BCUT2D eigenvalue weighted by Crippen LogP contribution is 2.23. The van der Waals surface area contributed by atoms with E-state index in [0.717, 1.165) is 16.9 Å². The second-order valence-corrected chi connectivity index (χ2v) is 5.07. The number of pyridine rings is 1. The Morgan fingerprint density at radius 3 is 2.50 bits per heavy atom. The monoisotopic (exact) mass is 300 g/mol. The zero-order valence-electron chi connectivity index (χ0n) is 9.67. The van der Waals surface area contributed by atoms with Gasteiger partial charge in [0, 0.05) is 6.54 Å². The Morgan fingerprint density at radius 2 is 1.83 bits per heavy atom. The summed E-state index contributed by atoms with van der Waals surface area (Å²) >= 11 is 17.6. The van der Waals surface area contributed by atoms with Crippen LogP contribution in [-0.2, 0) is 6.54 Å². The number of benzene rings is 1. The van der Waals surface area contributed by atoms with Crippen molar-refractivity contribution < 1.29 is 0 Å². The molecule has 0 aliphatic rings. The first kappa shape index (κ1) is 13.5. The molecule has 0 saturated heterocycles. The fourth-order valence-corrected chi connectivity index (χ4v) is 2.07. The van der Waals surface area contributed by atoms with Crippen LogP contribution in [0.3, 0.4) is 0 Å². The van der Waals surface area contributed by atoms with E-state index in [1.165, 1.54) is 0 Å². The molecule has 0 spiro atoms. The van der Waals surface area contributed by atoms with E-state index in [1.807, 2.05) is 25.1 Å². The number of nitrogens with one attached hydrogen (secondary N) is 1. The summed E-state index contributed by atoms with van der Waals surface area (Å²) in [5.41, 5.74) is 2.87. The summed E-state index contributed by atoms with van der Waals surface area (Å²) in [6, 6.07) is 9.22. The normalized spacial score (nSPS) is 10.4. The zero-order valence-corrected chi connectivity index (χ0v) is 11.9. The highest BCUT2D eigenvalue weighted by Gasteiger charge is 2.02. The van der Waals surface area contributed by atoms with Crippen LogP contribution in [0, 0.1) is 6.92 Å². The molecule has 94 valence electrons. The Balaban J connectivity index is 2.09. The minimum Gasteiger partial charge on any atom is -0.379 e. The molecule has 2 aromatic rings. The number of halogens is 3. The molecule has 1 N–H and O–H groups in total. The van der Waals surface area contributed by atoms with Gasteiger partial charge in [-0.25, -0.2) is 4.98 Å². The van der Waals surface area contributed by atoms with E-state index in [-0.39, 0.29) is 0 Å². The molecule has 0 amide bonds. The van der Waals surface area contributed by atoms with Gasteiger partial charge in [-0.05, 0) is 36.8 Å². The molecule has 0 aliphatic carbocycles. The predicted octanol–water partition coefficient (Wildman–Crippen LogP) is 4.96. The molecule has 0 radical (unpaired) electrons. The first-order valence-corrected chi connectivity index (χ1v) is 6.50. The first-order valence-electron chi connectivity index (χ1n) is 5.37. The summed E-state index contributed by atoms with van der Waals surface area (Å²) in [5, 5.41) is 4.89. The van der Waals surface area contributed by atoms with Gasteiger partial charge in [0.15, 0.2) is 0 Å². The third-order valence-electron chi connectivity index (χ3n) is 2.52. The van der Waals surface area contributed by atoms with Gasteiger partial charge in [-0.3, -0.25) is 0 Å². The lowest BCUT2D eigenvalue weighted by Crippen LogP contribution is -2.02. The van der Waals surface area contributed by atoms with Crippen LogP contribution in [-0.4, -0.2) is 4.98 Å². The van der Waals surface area contributed by atoms with Crippen molar-refractivity contribution in [3.63, 3.8) is 0 Å². The van der Waals surface area contributed by atoms with E-state index in [1.54, 1.807) is 12.1 Å². The number of anilines is 1. The van der Waals surface area contributed by atoms with Crippen LogP contribution in [0.2, 0.25) is 15.2 Å². The van der Waals surface area contributed by atoms with Crippen LogP contribution in [0.1, 0.15) is 11.3 Å². The molecule has 2 nitrogen and oxygen atoms in total. The van der Waals surface area contributed by atoms with Crippen LogP contribution < -0.4 is 5.32 Å². The molecule has 1 heterocycles. The molecular formula is C13H11Cl3N2. The van der Waals surface area contributed by atoms with E-state index in [2.05, 4.69) is 10.3 Å². The van der Waals surface area contributed by atoms with Gasteiger partial charge in [0.05, 0.1) is 21.4 Å². The van der Waals surface area contributed by atoms with Crippen LogP contribution in [0.25, 0.3) is 0 Å². The smallest absolute Gasteiger partial charge is 0.129 e. The first-order chi connectivity index (χ1) is 8.56. The van der Waals surface area contributed by atoms with Crippen molar-refractivity contribution in [3.05, 3.63) is 56.8 Å². The number of aromatic nitrogens is 1. The van der Waals surface area contributed by atoms with Gasteiger partial charge in [-0.15, -0.1) is 0 Å². The Morgan fingerprint density at radius 1 is 1.06 bits per heavy atom. The van der Waals surface area contributed by atoms with Gasteiger partial charge < -0.3 is 5.32 Å². The van der Waals surface area contributed by atoms with Gasteiger partial charge >= 0.3 is 0 Å². The Hall–Kier alpha value is -0.960. The number of aryl methyl sites for hydroxylation is 1. The van der Waals surface area contributed by atoms with Crippen molar-refractivity contribution in [3.8, 4) is 0 Å². The van der Waals surface area contributed by atoms with E-state index in [0.29, 0.717) is 21.7 Å². The SMILES string of the molecule is Cc1nc(Cl)ccc1NCc1ccc(Cl)c(Cl)c1. The number of rotatable bonds is 3. The van der Waals surface area contributed by atoms with Crippen molar-refractivity contribution >= 4 is 40.5 Å². The Kier molecular flexibility index (Phi) is 4.33. The Bertz CT molecular complexity index is 570. The van der Waals surface area contributed by atoms with Crippen LogP contribution >= 0.6 is 34.8 Å². The van der Waals surface area contributed by atoms with Gasteiger partial charge in [0.25, 0.3) is 0 Å². The molecule has 1 aromatic carbocycles. The third kappa shape index (κ3) is 3.29. The van der Waals surface area contributed by atoms with Gasteiger partial charge in [0.1, 0.15) is 5.15 Å². The van der Waals surface area contributed by atoms with Gasteiger partial charge in [-0.2, -0.15) is 0 Å². The number of hydrogen-bond donors (Lipinski definition) is 1. The molecule has 1 aromatic heterocycles. The quantitative estimate of drug-likeness (QED) is 0.810. The number of nitrogens with zero attached hydrogens (tertiary/aromatic N) is 1. The summed E-state index contributed by atoms with van der Waals surface area (Å²) in [6.07, 6.45) is 0. The van der Waals surface area contributed by atoms with Crippen LogP contribution in [0.15, 0.2) is 30.3 Å². The van der Waals surface area contributed by atoms with Gasteiger partial charge in [0.2, 0.25) is 0 Å². The minimum atomic E-state index is 0.493. The molecule has 0 bridgehead atoms. The topological polar surface area (TPSA) is 24.9 Å². The van der Waals surface area contributed by atoms with Crippen molar-refractivity contribution in [1.29, 1.82) is 0 Å². The Labute approximate surface area is 121 Å². The summed E-state index contributed by atoms with van der Waals surface area (Å²) in [5.74, 6) is 0. The maximum atomic E-state index is 5.96. The minimum absolute atomic E-state index is 0.493. The second kappa shape index (κ2) is 5.79. The van der Waals surface area contributed by atoms with Crippen molar-refractivity contribution in [2.75, 3.05) is 5.32 Å². The van der Waals surface area contributed by atoms with E-state index in [9.17, 15) is 0 Å². The molecule has 18 heavy (non-hydrogen) atoms. The highest BCUT2D eigenvalue weighted by molar-refractivity contribution is 6.42. The zero-order chi connectivity index (χ0) is 13.1. The third-order valence-corrected chi connectivity index (χ3v) is 3.47. The van der Waals surface area contributed by atoms with Crippen molar-refractivity contribution in [2.45, 2.75) is 13.5 Å². The highest BCUT2D eigenvalue weighted by atomic mass is 35.5. The second-order valence-electron chi connectivity index (χ2n) is 3.87. The van der Waals surface area contributed by atoms with Crippen LogP contribution in [0.5, 0.6) is 0 Å². The predicted molar refractivity (Wildman–Crippen MR) is 77.8 cm³/mol. The molecule has 0 aliphatic heterocycles. The molecule has 0 saturated carbocycles. The van der Waals surface area contributed by atoms with E-state index in [4.69, 9.17) is 34.8 Å². The van der Waals surface area contributed by atoms with Crippen molar-refractivity contribution in [2.24, 2.45) is 0 Å². The molecule has 0 atom stereocenters. The average molecular weight is 302 g/mol. The van der Waals surface area contributed by atoms with Crippen LogP contribution in [0.4, 0.5) is 5.69 Å². The molecule has 2 rings (SSSR count). The largest absolute Gasteiger partial charge is 0.379 e. The van der Waals surface area contributed by atoms with Crippen molar-refractivity contribution in [1.82, 2.24) is 4.98 Å². The number of hydrogen-bond acceptors (Lipinski definition) is 2. The standard InChI is InChI=1S/C13H11Cl3N2/c1-8-12(4-5-13(16)18-8)17-7-9-2-3-10(14)11(15)6-9/h2-6,17H,7H2,1H3. The average Bonchev–Trinajstić information content (AvgIpc) is 2.32. The summed E-state index contributed by atoms with van der Waals surface area (Å²) in [4.78, 5) is 4.17. The lowest BCUT2D eigenvalue weighted by molar-refractivity contribution is 1.11. The molecule has 0 unspecified atom stereocenters. The summed E-state index contributed by atoms with van der Waals surface area (Å²) in [6.45, 7) is 2.56.